The lowest BCUT2D eigenvalue weighted by atomic mass is 10.1. The average Bonchev–Trinajstić information content (AvgIpc) is 2.38. The van der Waals surface area contributed by atoms with Gasteiger partial charge in [-0.15, -0.1) is 10.2 Å². The fourth-order valence-corrected chi connectivity index (χ4v) is 1.50. The van der Waals surface area contributed by atoms with Crippen LogP contribution < -0.4 is 0 Å². The van der Waals surface area contributed by atoms with Crippen LogP contribution >= 0.6 is 11.6 Å². The molecule has 0 fully saturated rings. The molecular weight excluding hydrogens is 252 g/mol. The first-order valence-corrected chi connectivity index (χ1v) is 5.53. The number of carboxylic acids is 1. The Labute approximate surface area is 109 Å². The molecule has 0 unspecified atom stereocenters. The molecule has 0 bridgehead atoms. The van der Waals surface area contributed by atoms with Gasteiger partial charge in [0.1, 0.15) is 0 Å². The molecule has 0 amide bonds. The van der Waals surface area contributed by atoms with Gasteiger partial charge in [-0.1, -0.05) is 35.9 Å². The highest BCUT2D eigenvalue weighted by atomic mass is 35.5. The highest BCUT2D eigenvalue weighted by Gasteiger charge is 1.99. The third-order valence-electron chi connectivity index (χ3n) is 2.26. The monoisotopic (exact) mass is 260 g/mol. The van der Waals surface area contributed by atoms with Crippen molar-refractivity contribution in [1.82, 2.24) is 10.2 Å². The summed E-state index contributed by atoms with van der Waals surface area (Å²) in [6, 6.07) is 10.8. The van der Waals surface area contributed by atoms with Gasteiger partial charge in [-0.3, -0.25) is 0 Å². The second kappa shape index (κ2) is 5.42. The number of rotatable bonds is 3. The second-order valence-electron chi connectivity index (χ2n) is 3.53. The number of hydrogen-bond donors (Lipinski definition) is 1. The summed E-state index contributed by atoms with van der Waals surface area (Å²) in [6.45, 7) is 0. The lowest BCUT2D eigenvalue weighted by molar-refractivity contribution is -0.131. The second-order valence-corrected chi connectivity index (χ2v) is 3.92. The molecule has 0 spiro atoms. The smallest absolute Gasteiger partial charge is 0.328 e. The van der Waals surface area contributed by atoms with Gasteiger partial charge >= 0.3 is 5.97 Å². The lowest BCUT2D eigenvalue weighted by Gasteiger charge is -2.00. The fraction of sp³-hybridized carbons (Fsp3) is 0. The van der Waals surface area contributed by atoms with Crippen molar-refractivity contribution in [3.8, 4) is 11.3 Å². The summed E-state index contributed by atoms with van der Waals surface area (Å²) < 4.78 is 0. The minimum absolute atomic E-state index is 0.347. The maximum absolute atomic E-state index is 10.4. The van der Waals surface area contributed by atoms with E-state index in [1.165, 1.54) is 6.08 Å². The predicted octanol–water partition coefficient (Wildman–Crippen LogP) is 2.89. The molecule has 2 rings (SSSR count). The molecule has 1 aromatic heterocycles. The van der Waals surface area contributed by atoms with Gasteiger partial charge in [0.2, 0.25) is 0 Å². The molecule has 0 saturated carbocycles. The van der Waals surface area contributed by atoms with Crippen LogP contribution in [0.2, 0.25) is 5.15 Å². The maximum Gasteiger partial charge on any atom is 0.328 e. The molecule has 1 N–H and O–H groups in total. The number of hydrogen-bond acceptors (Lipinski definition) is 3. The first-order valence-electron chi connectivity index (χ1n) is 5.16. The molecule has 2 aromatic rings. The standard InChI is InChI=1S/C13H9ClN2O2/c14-12-7-6-11(15-16-12)10-4-1-9(2-5-10)3-8-13(17)18/h1-8H,(H,17,18)/b8-3+. The van der Waals surface area contributed by atoms with Gasteiger partial charge in [-0.05, 0) is 23.8 Å². The molecule has 1 heterocycles. The van der Waals surface area contributed by atoms with Crippen LogP contribution in [0, 0.1) is 0 Å². The molecule has 5 heteroatoms. The summed E-state index contributed by atoms with van der Waals surface area (Å²) in [6.07, 6.45) is 2.62. The Morgan fingerprint density at radius 2 is 1.83 bits per heavy atom. The van der Waals surface area contributed by atoms with Crippen LogP contribution in [0.1, 0.15) is 5.56 Å². The molecule has 0 aliphatic carbocycles. The number of aromatic nitrogens is 2. The highest BCUT2D eigenvalue weighted by Crippen LogP contribution is 2.18. The summed E-state index contributed by atoms with van der Waals surface area (Å²) in [7, 11) is 0. The molecule has 18 heavy (non-hydrogen) atoms. The lowest BCUT2D eigenvalue weighted by Crippen LogP contribution is -1.88. The van der Waals surface area contributed by atoms with Gasteiger partial charge in [0, 0.05) is 11.6 Å². The zero-order valence-electron chi connectivity index (χ0n) is 9.25. The summed E-state index contributed by atoms with van der Waals surface area (Å²) >= 11 is 5.66. The zero-order chi connectivity index (χ0) is 13.0. The summed E-state index contributed by atoms with van der Waals surface area (Å²) in [5, 5.41) is 16.6. The SMILES string of the molecule is O=C(O)/C=C/c1ccc(-c2ccc(Cl)nn2)cc1. The first-order chi connectivity index (χ1) is 8.65. The van der Waals surface area contributed by atoms with Crippen molar-refractivity contribution in [2.24, 2.45) is 0 Å². The van der Waals surface area contributed by atoms with E-state index in [0.717, 1.165) is 17.2 Å². The average molecular weight is 261 g/mol. The van der Waals surface area contributed by atoms with Crippen molar-refractivity contribution in [3.63, 3.8) is 0 Å². The van der Waals surface area contributed by atoms with Gasteiger partial charge in [-0.25, -0.2) is 4.79 Å². The van der Waals surface area contributed by atoms with Crippen LogP contribution in [0.3, 0.4) is 0 Å². The third kappa shape index (κ3) is 3.15. The summed E-state index contributed by atoms with van der Waals surface area (Å²) in [5.41, 5.74) is 2.42. The van der Waals surface area contributed by atoms with E-state index in [2.05, 4.69) is 10.2 Å². The zero-order valence-corrected chi connectivity index (χ0v) is 10.0. The van der Waals surface area contributed by atoms with Gasteiger partial charge in [0.15, 0.2) is 5.15 Å². The molecule has 0 atom stereocenters. The Kier molecular flexibility index (Phi) is 3.69. The molecule has 0 aliphatic heterocycles. The van der Waals surface area contributed by atoms with Crippen molar-refractivity contribution in [1.29, 1.82) is 0 Å². The summed E-state index contributed by atoms with van der Waals surface area (Å²) in [4.78, 5) is 10.4. The molecule has 0 radical (unpaired) electrons. The molecule has 0 saturated heterocycles. The summed E-state index contributed by atoms with van der Waals surface area (Å²) in [5.74, 6) is -0.970. The third-order valence-corrected chi connectivity index (χ3v) is 2.46. The normalized spacial score (nSPS) is 10.7. The van der Waals surface area contributed by atoms with E-state index in [1.54, 1.807) is 12.1 Å². The van der Waals surface area contributed by atoms with E-state index in [9.17, 15) is 4.79 Å². The molecule has 4 nitrogen and oxygen atoms in total. The van der Waals surface area contributed by atoms with Crippen molar-refractivity contribution < 1.29 is 9.90 Å². The first kappa shape index (κ1) is 12.3. The number of halogens is 1. The van der Waals surface area contributed by atoms with Crippen LogP contribution in [0.15, 0.2) is 42.5 Å². The predicted molar refractivity (Wildman–Crippen MR) is 69.1 cm³/mol. The van der Waals surface area contributed by atoms with Crippen molar-refractivity contribution in [3.05, 3.63) is 53.2 Å². The van der Waals surface area contributed by atoms with Crippen LogP contribution in [0.25, 0.3) is 17.3 Å². The van der Waals surface area contributed by atoms with Crippen molar-refractivity contribution in [2.75, 3.05) is 0 Å². The van der Waals surface area contributed by atoms with E-state index >= 15 is 0 Å². The van der Waals surface area contributed by atoms with Crippen LogP contribution in [0.4, 0.5) is 0 Å². The Hall–Kier alpha value is -2.20. The molecule has 0 aliphatic rings. The van der Waals surface area contributed by atoms with E-state index in [4.69, 9.17) is 16.7 Å². The van der Waals surface area contributed by atoms with Crippen molar-refractivity contribution >= 4 is 23.6 Å². The Morgan fingerprint density at radius 1 is 1.11 bits per heavy atom. The topological polar surface area (TPSA) is 63.1 Å². The molecular formula is C13H9ClN2O2. The van der Waals surface area contributed by atoms with E-state index in [-0.39, 0.29) is 0 Å². The van der Waals surface area contributed by atoms with E-state index < -0.39 is 5.97 Å². The van der Waals surface area contributed by atoms with Gasteiger partial charge < -0.3 is 5.11 Å². The number of carbonyl (C=O) groups is 1. The van der Waals surface area contributed by atoms with Crippen LogP contribution in [-0.4, -0.2) is 21.3 Å². The number of benzene rings is 1. The molecule has 1 aromatic carbocycles. The van der Waals surface area contributed by atoms with Crippen LogP contribution in [0.5, 0.6) is 0 Å². The van der Waals surface area contributed by atoms with E-state index in [1.807, 2.05) is 24.3 Å². The Morgan fingerprint density at radius 3 is 2.39 bits per heavy atom. The van der Waals surface area contributed by atoms with Crippen molar-refractivity contribution in [2.45, 2.75) is 0 Å². The minimum Gasteiger partial charge on any atom is -0.478 e. The number of aliphatic carboxylic acids is 1. The Bertz CT molecular complexity index is 577. The Balaban J connectivity index is 2.22. The fourth-order valence-electron chi connectivity index (χ4n) is 1.40. The van der Waals surface area contributed by atoms with Crippen LogP contribution in [-0.2, 0) is 4.79 Å². The minimum atomic E-state index is -0.970. The van der Waals surface area contributed by atoms with Gasteiger partial charge in [0.25, 0.3) is 0 Å². The largest absolute Gasteiger partial charge is 0.478 e. The van der Waals surface area contributed by atoms with Gasteiger partial charge in [-0.2, -0.15) is 0 Å². The number of carboxylic acid groups (broad SMARTS) is 1. The van der Waals surface area contributed by atoms with E-state index in [0.29, 0.717) is 10.8 Å². The van der Waals surface area contributed by atoms with Gasteiger partial charge in [0.05, 0.1) is 5.69 Å². The number of nitrogens with zero attached hydrogens (tertiary/aromatic N) is 2. The molecule has 90 valence electrons. The highest BCUT2D eigenvalue weighted by molar-refractivity contribution is 6.29. The maximum atomic E-state index is 10.4. The quantitative estimate of drug-likeness (QED) is 0.862.